The van der Waals surface area contributed by atoms with Crippen LogP contribution >= 0.6 is 23.6 Å². The molecule has 0 radical (unpaired) electrons. The molecule has 0 amide bonds. The lowest BCUT2D eigenvalue weighted by atomic mass is 10.2. The molecule has 112 valence electrons. The van der Waals surface area contributed by atoms with Gasteiger partial charge >= 0.3 is 0 Å². The molecule has 3 aromatic rings. The maximum atomic E-state index is 5.26. The van der Waals surface area contributed by atoms with Gasteiger partial charge in [-0.15, -0.1) is 11.3 Å². The summed E-state index contributed by atoms with van der Waals surface area (Å²) in [6, 6.07) is 9.67. The fourth-order valence-corrected chi connectivity index (χ4v) is 2.91. The lowest BCUT2D eigenvalue weighted by molar-refractivity contribution is 0.415. The average Bonchev–Trinajstić information content (AvgIpc) is 3.11. The maximum Gasteiger partial charge on any atom is 0.216 e. The van der Waals surface area contributed by atoms with E-state index >= 15 is 0 Å². The van der Waals surface area contributed by atoms with E-state index in [9.17, 15) is 0 Å². The van der Waals surface area contributed by atoms with E-state index in [0.717, 1.165) is 16.2 Å². The Kier molecular flexibility index (Phi) is 4.17. The predicted octanol–water partition coefficient (Wildman–Crippen LogP) is 3.87. The molecule has 0 aliphatic rings. The normalized spacial score (nSPS) is 11.2. The van der Waals surface area contributed by atoms with E-state index < -0.39 is 0 Å². The summed E-state index contributed by atoms with van der Waals surface area (Å²) >= 11 is 6.90. The van der Waals surface area contributed by atoms with Gasteiger partial charge in [-0.25, -0.2) is 5.10 Å². The van der Waals surface area contributed by atoms with E-state index in [1.807, 2.05) is 29.6 Å². The van der Waals surface area contributed by atoms with Crippen LogP contribution in [0.1, 0.15) is 10.4 Å². The van der Waals surface area contributed by atoms with Crippen LogP contribution in [0, 0.1) is 11.7 Å². The number of nitrogens with one attached hydrogen (secondary N) is 1. The number of hydrogen-bond donors (Lipinski definition) is 1. The van der Waals surface area contributed by atoms with Crippen molar-refractivity contribution >= 4 is 29.8 Å². The SMILES string of the molecule is COc1ccc(-c2n[nH]c(=S)n2N=Cc2sccc2C)cc1. The van der Waals surface area contributed by atoms with Crippen LogP contribution in [0.5, 0.6) is 5.75 Å². The van der Waals surface area contributed by atoms with Crippen molar-refractivity contribution in [3.8, 4) is 17.1 Å². The van der Waals surface area contributed by atoms with Crippen LogP contribution in [0.2, 0.25) is 0 Å². The van der Waals surface area contributed by atoms with Crippen molar-refractivity contribution in [1.29, 1.82) is 0 Å². The Hall–Kier alpha value is -2.25. The summed E-state index contributed by atoms with van der Waals surface area (Å²) in [6.07, 6.45) is 1.80. The van der Waals surface area contributed by atoms with Gasteiger partial charge in [0, 0.05) is 5.56 Å². The Balaban J connectivity index is 1.98. The van der Waals surface area contributed by atoms with E-state index in [1.54, 1.807) is 29.3 Å². The fourth-order valence-electron chi connectivity index (χ4n) is 1.95. The molecule has 0 atom stereocenters. The van der Waals surface area contributed by atoms with Crippen LogP contribution in [-0.2, 0) is 0 Å². The van der Waals surface area contributed by atoms with E-state index in [2.05, 4.69) is 28.3 Å². The number of aromatic amines is 1. The molecular formula is C15H14N4OS2. The first-order valence-electron chi connectivity index (χ1n) is 6.59. The number of ether oxygens (including phenoxy) is 1. The third-order valence-electron chi connectivity index (χ3n) is 3.19. The second-order valence-electron chi connectivity index (χ2n) is 4.61. The lowest BCUT2D eigenvalue weighted by Crippen LogP contribution is -1.95. The van der Waals surface area contributed by atoms with Crippen LogP contribution in [0.15, 0.2) is 40.8 Å². The number of hydrogen-bond acceptors (Lipinski definition) is 5. The second-order valence-corrected chi connectivity index (χ2v) is 5.94. The van der Waals surface area contributed by atoms with Crippen LogP contribution in [-0.4, -0.2) is 28.2 Å². The molecule has 0 saturated heterocycles. The molecule has 5 nitrogen and oxygen atoms in total. The van der Waals surface area contributed by atoms with Gasteiger partial charge in [0.15, 0.2) is 5.82 Å². The van der Waals surface area contributed by atoms with Gasteiger partial charge in [-0.2, -0.15) is 14.9 Å². The number of aromatic nitrogens is 3. The summed E-state index contributed by atoms with van der Waals surface area (Å²) in [4.78, 5) is 1.10. The van der Waals surface area contributed by atoms with Gasteiger partial charge < -0.3 is 4.74 Å². The molecule has 0 aliphatic carbocycles. The van der Waals surface area contributed by atoms with Gasteiger partial charge in [-0.3, -0.25) is 0 Å². The van der Waals surface area contributed by atoms with E-state index in [0.29, 0.717) is 10.6 Å². The quantitative estimate of drug-likeness (QED) is 0.583. The maximum absolute atomic E-state index is 5.26. The minimum absolute atomic E-state index is 0.455. The molecule has 0 aliphatic heterocycles. The summed E-state index contributed by atoms with van der Waals surface area (Å²) in [5.41, 5.74) is 2.10. The molecule has 0 spiro atoms. The molecule has 1 N–H and O–H groups in total. The third kappa shape index (κ3) is 2.86. The first-order chi connectivity index (χ1) is 10.7. The van der Waals surface area contributed by atoms with Gasteiger partial charge in [0.25, 0.3) is 0 Å². The Morgan fingerprint density at radius 1 is 1.32 bits per heavy atom. The summed E-state index contributed by atoms with van der Waals surface area (Å²) in [5.74, 6) is 1.46. The highest BCUT2D eigenvalue weighted by atomic mass is 32.1. The fraction of sp³-hybridized carbons (Fsp3) is 0.133. The minimum Gasteiger partial charge on any atom is -0.497 e. The van der Waals surface area contributed by atoms with Gasteiger partial charge in [0.05, 0.1) is 18.2 Å². The number of benzene rings is 1. The predicted molar refractivity (Wildman–Crippen MR) is 91.4 cm³/mol. The molecule has 0 bridgehead atoms. The zero-order valence-corrected chi connectivity index (χ0v) is 13.7. The number of aryl methyl sites for hydroxylation is 1. The molecule has 0 saturated carbocycles. The molecule has 7 heteroatoms. The van der Waals surface area contributed by atoms with Crippen LogP contribution in [0.25, 0.3) is 11.4 Å². The second kappa shape index (κ2) is 6.25. The van der Waals surface area contributed by atoms with Crippen LogP contribution in [0.4, 0.5) is 0 Å². The first kappa shape index (κ1) is 14.7. The largest absolute Gasteiger partial charge is 0.497 e. The highest BCUT2D eigenvalue weighted by Gasteiger charge is 2.08. The zero-order valence-electron chi connectivity index (χ0n) is 12.1. The van der Waals surface area contributed by atoms with Gasteiger partial charge in [0.2, 0.25) is 4.77 Å². The van der Waals surface area contributed by atoms with Crippen molar-refractivity contribution in [2.75, 3.05) is 7.11 Å². The van der Waals surface area contributed by atoms with E-state index in [4.69, 9.17) is 17.0 Å². The van der Waals surface area contributed by atoms with E-state index in [1.165, 1.54) is 5.56 Å². The average molecular weight is 330 g/mol. The summed E-state index contributed by atoms with van der Waals surface area (Å²) < 4.78 is 7.24. The molecule has 2 heterocycles. The van der Waals surface area contributed by atoms with Crippen molar-refractivity contribution in [3.05, 3.63) is 50.9 Å². The number of H-pyrrole nitrogens is 1. The highest BCUT2D eigenvalue weighted by Crippen LogP contribution is 2.21. The molecule has 3 rings (SSSR count). The number of thiophene rings is 1. The van der Waals surface area contributed by atoms with Gasteiger partial charge in [-0.1, -0.05) is 0 Å². The molecule has 22 heavy (non-hydrogen) atoms. The minimum atomic E-state index is 0.455. The van der Waals surface area contributed by atoms with Crippen molar-refractivity contribution in [3.63, 3.8) is 0 Å². The Bertz CT molecular complexity index is 858. The monoisotopic (exact) mass is 330 g/mol. The Morgan fingerprint density at radius 3 is 2.73 bits per heavy atom. The molecular weight excluding hydrogens is 316 g/mol. The van der Waals surface area contributed by atoms with Crippen molar-refractivity contribution in [1.82, 2.24) is 14.9 Å². The van der Waals surface area contributed by atoms with Gasteiger partial charge in [0.1, 0.15) is 5.75 Å². The van der Waals surface area contributed by atoms with Crippen molar-refractivity contribution < 1.29 is 4.74 Å². The summed E-state index contributed by atoms with van der Waals surface area (Å²) in [6.45, 7) is 2.05. The van der Waals surface area contributed by atoms with Crippen LogP contribution in [0.3, 0.4) is 0 Å². The highest BCUT2D eigenvalue weighted by molar-refractivity contribution is 7.71. The summed E-state index contributed by atoms with van der Waals surface area (Å²) in [7, 11) is 1.64. The van der Waals surface area contributed by atoms with Crippen molar-refractivity contribution in [2.24, 2.45) is 5.10 Å². The summed E-state index contributed by atoms with van der Waals surface area (Å²) in [5, 5.41) is 13.5. The van der Waals surface area contributed by atoms with Crippen LogP contribution < -0.4 is 4.74 Å². The molecule has 2 aromatic heterocycles. The number of nitrogens with zero attached hydrogens (tertiary/aromatic N) is 3. The lowest BCUT2D eigenvalue weighted by Gasteiger charge is -2.03. The third-order valence-corrected chi connectivity index (χ3v) is 4.41. The Labute approximate surface area is 136 Å². The molecule has 0 unspecified atom stereocenters. The number of methoxy groups -OCH3 is 1. The van der Waals surface area contributed by atoms with Crippen molar-refractivity contribution in [2.45, 2.75) is 6.92 Å². The first-order valence-corrected chi connectivity index (χ1v) is 7.88. The molecule has 1 aromatic carbocycles. The van der Waals surface area contributed by atoms with E-state index in [-0.39, 0.29) is 0 Å². The number of rotatable bonds is 4. The Morgan fingerprint density at radius 2 is 2.09 bits per heavy atom. The zero-order chi connectivity index (χ0) is 15.5. The standard InChI is InChI=1S/C15H14N4OS2/c1-10-7-8-22-13(10)9-16-19-14(17-18-15(19)21)11-3-5-12(20-2)6-4-11/h3-9H,1-2H3,(H,18,21). The molecule has 0 fully saturated rings. The smallest absolute Gasteiger partial charge is 0.216 e. The van der Waals surface area contributed by atoms with Gasteiger partial charge in [-0.05, 0) is 60.4 Å². The topological polar surface area (TPSA) is 55.2 Å².